The molecule has 3 heterocycles. The third-order valence-corrected chi connectivity index (χ3v) is 11.0. The number of thioether (sulfide) groups is 2. The third kappa shape index (κ3) is 7.04. The quantitative estimate of drug-likeness (QED) is 0.174. The molecule has 6 rings (SSSR count). The molecule has 46 heavy (non-hydrogen) atoms. The fourth-order valence-electron chi connectivity index (χ4n) is 5.19. The molecule has 2 N–H and O–H groups in total. The van der Waals surface area contributed by atoms with E-state index in [4.69, 9.17) is 4.74 Å². The van der Waals surface area contributed by atoms with Gasteiger partial charge in [-0.05, 0) is 16.7 Å². The van der Waals surface area contributed by atoms with Crippen molar-refractivity contribution < 1.29 is 23.9 Å². The Morgan fingerprint density at radius 3 is 2.20 bits per heavy atom. The van der Waals surface area contributed by atoms with Gasteiger partial charge < -0.3 is 15.4 Å². The van der Waals surface area contributed by atoms with Crippen molar-refractivity contribution >= 4 is 58.6 Å². The van der Waals surface area contributed by atoms with Crippen molar-refractivity contribution in [3.05, 3.63) is 129 Å². The molecule has 1 aromatic heterocycles. The van der Waals surface area contributed by atoms with Crippen LogP contribution >= 0.6 is 34.9 Å². The lowest BCUT2D eigenvalue weighted by Crippen LogP contribution is -2.70. The van der Waals surface area contributed by atoms with Crippen LogP contribution in [0.25, 0.3) is 0 Å². The van der Waals surface area contributed by atoms with Gasteiger partial charge in [-0.1, -0.05) is 103 Å². The first-order valence-electron chi connectivity index (χ1n) is 14.6. The third-order valence-electron chi connectivity index (χ3n) is 7.44. The number of hydrogen-bond acceptors (Lipinski definition) is 9. The average molecular weight is 671 g/mol. The molecule has 9 nitrogen and oxygen atoms in total. The van der Waals surface area contributed by atoms with E-state index in [0.717, 1.165) is 16.7 Å². The van der Waals surface area contributed by atoms with E-state index in [0.29, 0.717) is 20.7 Å². The minimum absolute atomic E-state index is 0.142. The van der Waals surface area contributed by atoms with Crippen LogP contribution in [-0.2, 0) is 36.8 Å². The Balaban J connectivity index is 1.28. The monoisotopic (exact) mass is 670 g/mol. The highest BCUT2D eigenvalue weighted by molar-refractivity contribution is 8.07. The van der Waals surface area contributed by atoms with E-state index in [1.54, 1.807) is 7.05 Å². The van der Waals surface area contributed by atoms with Gasteiger partial charge in [0.2, 0.25) is 11.8 Å². The lowest BCUT2D eigenvalue weighted by Gasteiger charge is -2.49. The minimum atomic E-state index is -0.770. The van der Waals surface area contributed by atoms with Crippen LogP contribution in [-0.4, -0.2) is 57.8 Å². The number of amides is 3. The van der Waals surface area contributed by atoms with E-state index in [2.05, 4.69) is 15.6 Å². The van der Waals surface area contributed by atoms with Gasteiger partial charge in [0.25, 0.3) is 5.91 Å². The maximum atomic E-state index is 14.2. The molecule has 3 aromatic carbocycles. The Hall–Kier alpha value is -4.39. The van der Waals surface area contributed by atoms with Gasteiger partial charge in [0, 0.05) is 23.1 Å². The maximum absolute atomic E-state index is 14.2. The number of esters is 1. The second-order valence-corrected chi connectivity index (χ2v) is 13.9. The molecule has 0 bridgehead atoms. The van der Waals surface area contributed by atoms with E-state index in [9.17, 15) is 19.2 Å². The van der Waals surface area contributed by atoms with Crippen LogP contribution in [0, 0.1) is 0 Å². The first-order valence-corrected chi connectivity index (χ1v) is 17.3. The second-order valence-electron chi connectivity index (χ2n) is 10.6. The standard InChI is InChI=1S/C34H30N4O5S3/c1-35-26(39)18-24-19-45-34(36-24)46-25-20-44-32-28(37-27(40)17-21-11-5-2-6-12-21)31(41)38(32)29(25)33(42)43-30(22-13-7-3-8-14-22)23-15-9-4-10-16-23/h2-16,19,28,30,32H,17-18,20H2,1H3,(H,35,39)(H,37,40)/t28-,32+/m1/s1. The highest BCUT2D eigenvalue weighted by Gasteiger charge is 2.55. The molecule has 0 radical (unpaired) electrons. The summed E-state index contributed by atoms with van der Waals surface area (Å²) >= 11 is 4.12. The molecule has 0 unspecified atom stereocenters. The summed E-state index contributed by atoms with van der Waals surface area (Å²) in [4.78, 5) is 59.3. The van der Waals surface area contributed by atoms with Crippen molar-refractivity contribution in [1.82, 2.24) is 20.5 Å². The number of likely N-dealkylation sites (N-methyl/N-ethyl adjacent to an activating group) is 1. The number of aromatic nitrogens is 1. The summed E-state index contributed by atoms with van der Waals surface area (Å²) in [7, 11) is 1.57. The first kappa shape index (κ1) is 31.6. The lowest BCUT2D eigenvalue weighted by atomic mass is 10.0. The summed E-state index contributed by atoms with van der Waals surface area (Å²) in [6.07, 6.45) is -0.423. The summed E-state index contributed by atoms with van der Waals surface area (Å²) in [5, 5.41) is 6.81. The smallest absolute Gasteiger partial charge is 0.356 e. The number of thiazole rings is 1. The molecule has 0 aliphatic carbocycles. The highest BCUT2D eigenvalue weighted by Crippen LogP contribution is 2.46. The van der Waals surface area contributed by atoms with Gasteiger partial charge in [-0.3, -0.25) is 19.3 Å². The van der Waals surface area contributed by atoms with Gasteiger partial charge in [0.05, 0.1) is 18.5 Å². The molecule has 0 saturated carbocycles. The number of ether oxygens (including phenoxy) is 1. The Morgan fingerprint density at radius 1 is 0.935 bits per heavy atom. The van der Waals surface area contributed by atoms with Gasteiger partial charge in [-0.15, -0.1) is 23.1 Å². The minimum Gasteiger partial charge on any atom is -0.448 e. The van der Waals surface area contributed by atoms with Crippen LogP contribution in [0.1, 0.15) is 28.5 Å². The van der Waals surface area contributed by atoms with E-state index >= 15 is 0 Å². The lowest BCUT2D eigenvalue weighted by molar-refractivity contribution is -0.154. The van der Waals surface area contributed by atoms with Gasteiger partial charge in [-0.2, -0.15) is 0 Å². The predicted molar refractivity (Wildman–Crippen MR) is 179 cm³/mol. The highest BCUT2D eigenvalue weighted by atomic mass is 32.2. The predicted octanol–water partition coefficient (Wildman–Crippen LogP) is 4.71. The number of β-lactam (4-membered cyclic amide) rings is 1. The molecule has 2 aliphatic heterocycles. The molecule has 1 fully saturated rings. The van der Waals surface area contributed by atoms with Crippen molar-refractivity contribution in [1.29, 1.82) is 0 Å². The number of nitrogens with zero attached hydrogens (tertiary/aromatic N) is 2. The Labute approximate surface area is 278 Å². The van der Waals surface area contributed by atoms with Crippen LogP contribution in [0.2, 0.25) is 0 Å². The normalized spacial score (nSPS) is 17.3. The van der Waals surface area contributed by atoms with Gasteiger partial charge in [0.1, 0.15) is 17.1 Å². The first-order chi connectivity index (χ1) is 22.4. The zero-order valence-electron chi connectivity index (χ0n) is 24.8. The van der Waals surface area contributed by atoms with Crippen LogP contribution in [0.5, 0.6) is 0 Å². The fraction of sp³-hybridized carbons (Fsp3) is 0.206. The average Bonchev–Trinajstić information content (AvgIpc) is 3.53. The van der Waals surface area contributed by atoms with Gasteiger partial charge >= 0.3 is 5.97 Å². The van der Waals surface area contributed by atoms with Crippen molar-refractivity contribution in [2.24, 2.45) is 0 Å². The molecule has 2 atom stereocenters. The zero-order chi connectivity index (χ0) is 32.0. The fourth-order valence-corrected chi connectivity index (χ4v) is 8.65. The van der Waals surface area contributed by atoms with E-state index in [1.807, 2.05) is 96.4 Å². The summed E-state index contributed by atoms with van der Waals surface area (Å²) in [6.45, 7) is 0. The number of benzene rings is 3. The maximum Gasteiger partial charge on any atom is 0.356 e. The molecule has 4 aromatic rings. The summed E-state index contributed by atoms with van der Waals surface area (Å²) in [5.74, 6) is -1.03. The van der Waals surface area contributed by atoms with E-state index in [-0.39, 0.29) is 36.3 Å². The van der Waals surface area contributed by atoms with Crippen LogP contribution < -0.4 is 10.6 Å². The summed E-state index contributed by atoms with van der Waals surface area (Å²) < 4.78 is 6.87. The van der Waals surface area contributed by atoms with Crippen LogP contribution in [0.15, 0.2) is 111 Å². The zero-order valence-corrected chi connectivity index (χ0v) is 27.2. The van der Waals surface area contributed by atoms with Gasteiger partial charge in [0.15, 0.2) is 10.4 Å². The number of fused-ring (bicyclic) bond motifs is 1. The second kappa shape index (κ2) is 14.4. The van der Waals surface area contributed by atoms with Crippen molar-refractivity contribution in [2.75, 3.05) is 12.8 Å². The van der Waals surface area contributed by atoms with Crippen molar-refractivity contribution in [3.8, 4) is 0 Å². The number of nitrogens with one attached hydrogen (secondary N) is 2. The van der Waals surface area contributed by atoms with Crippen LogP contribution in [0.3, 0.4) is 0 Å². The SMILES string of the molecule is CNC(=O)Cc1csc(SC2=C(C(=O)OC(c3ccccc3)c3ccccc3)N3C(=O)[C@@H](NC(=O)Cc4ccccc4)[C@@H]3SC2)n1. The molecule has 0 spiro atoms. The molecule has 234 valence electrons. The molecule has 2 aliphatic rings. The number of carbonyl (C=O) groups excluding carboxylic acids is 4. The number of hydrogen-bond donors (Lipinski definition) is 2. The topological polar surface area (TPSA) is 118 Å². The van der Waals surface area contributed by atoms with Crippen LogP contribution in [0.4, 0.5) is 0 Å². The Bertz CT molecular complexity index is 1730. The summed E-state index contributed by atoms with van der Waals surface area (Å²) in [6, 6.07) is 27.4. The molecule has 1 saturated heterocycles. The molecule has 12 heteroatoms. The number of rotatable bonds is 11. The number of carbonyl (C=O) groups is 4. The molecular formula is C34H30N4O5S3. The Kier molecular flexibility index (Phi) is 9.86. The molecular weight excluding hydrogens is 641 g/mol. The Morgan fingerprint density at radius 2 is 1.57 bits per heavy atom. The van der Waals surface area contributed by atoms with Crippen molar-refractivity contribution in [2.45, 2.75) is 34.7 Å². The van der Waals surface area contributed by atoms with E-state index < -0.39 is 23.5 Å². The van der Waals surface area contributed by atoms with Crippen molar-refractivity contribution in [3.63, 3.8) is 0 Å². The van der Waals surface area contributed by atoms with E-state index in [1.165, 1.54) is 39.8 Å². The van der Waals surface area contributed by atoms with Gasteiger partial charge in [-0.25, -0.2) is 9.78 Å². The summed E-state index contributed by atoms with van der Waals surface area (Å²) in [5.41, 5.74) is 3.19. The molecule has 3 amide bonds. The largest absolute Gasteiger partial charge is 0.448 e.